The van der Waals surface area contributed by atoms with Crippen molar-refractivity contribution in [3.63, 3.8) is 0 Å². The van der Waals surface area contributed by atoms with Crippen molar-refractivity contribution in [1.82, 2.24) is 15.3 Å². The molecule has 74 valence electrons. The number of aromatic nitrogens is 2. The van der Waals surface area contributed by atoms with Crippen molar-refractivity contribution in [1.29, 1.82) is 0 Å². The van der Waals surface area contributed by atoms with Crippen molar-refractivity contribution < 1.29 is 5.21 Å². The van der Waals surface area contributed by atoms with Gasteiger partial charge in [-0.3, -0.25) is 4.68 Å². The SMILES string of the molecule is Cn1nc(Br)c2c(CNO)cccc21. The molecule has 1 aromatic heterocycles. The van der Waals surface area contributed by atoms with Gasteiger partial charge in [0.25, 0.3) is 0 Å². The molecular weight excluding hydrogens is 246 g/mol. The first-order valence-electron chi connectivity index (χ1n) is 4.21. The van der Waals surface area contributed by atoms with Gasteiger partial charge < -0.3 is 5.21 Å². The number of benzene rings is 1. The zero-order valence-corrected chi connectivity index (χ0v) is 9.24. The predicted molar refractivity (Wildman–Crippen MR) is 57.0 cm³/mol. The molecule has 0 aliphatic carbocycles. The average molecular weight is 256 g/mol. The number of halogens is 1. The lowest BCUT2D eigenvalue weighted by atomic mass is 10.1. The molecular formula is C9H10BrN3O. The first-order valence-corrected chi connectivity index (χ1v) is 5.00. The fraction of sp³-hybridized carbons (Fsp3) is 0.222. The summed E-state index contributed by atoms with van der Waals surface area (Å²) in [7, 11) is 1.89. The van der Waals surface area contributed by atoms with Crippen LogP contribution in [0, 0.1) is 0 Å². The van der Waals surface area contributed by atoms with Crippen molar-refractivity contribution in [2.45, 2.75) is 6.54 Å². The van der Waals surface area contributed by atoms with Gasteiger partial charge in [-0.25, -0.2) is 5.48 Å². The van der Waals surface area contributed by atoms with Gasteiger partial charge in [-0.15, -0.1) is 0 Å². The molecule has 1 aromatic carbocycles. The monoisotopic (exact) mass is 255 g/mol. The van der Waals surface area contributed by atoms with Crippen LogP contribution in [0.4, 0.5) is 0 Å². The number of aryl methyl sites for hydroxylation is 1. The minimum absolute atomic E-state index is 0.418. The highest BCUT2D eigenvalue weighted by atomic mass is 79.9. The Kier molecular flexibility index (Phi) is 2.54. The molecule has 0 saturated carbocycles. The molecule has 2 N–H and O–H groups in total. The highest BCUT2D eigenvalue weighted by molar-refractivity contribution is 9.10. The fourth-order valence-corrected chi connectivity index (χ4v) is 2.26. The van der Waals surface area contributed by atoms with Gasteiger partial charge in [-0.05, 0) is 27.6 Å². The zero-order valence-electron chi connectivity index (χ0n) is 7.66. The topological polar surface area (TPSA) is 50.1 Å². The van der Waals surface area contributed by atoms with Gasteiger partial charge in [0.05, 0.1) is 5.52 Å². The Morgan fingerprint density at radius 1 is 1.57 bits per heavy atom. The Bertz CT molecular complexity index is 466. The average Bonchev–Trinajstić information content (AvgIpc) is 2.44. The lowest BCUT2D eigenvalue weighted by Gasteiger charge is -2.01. The van der Waals surface area contributed by atoms with Crippen molar-refractivity contribution in [3.8, 4) is 0 Å². The maximum absolute atomic E-state index is 8.68. The summed E-state index contributed by atoms with van der Waals surface area (Å²) < 4.78 is 2.61. The van der Waals surface area contributed by atoms with E-state index in [1.165, 1.54) is 0 Å². The van der Waals surface area contributed by atoms with Crippen LogP contribution in [0.5, 0.6) is 0 Å². The van der Waals surface area contributed by atoms with E-state index in [-0.39, 0.29) is 0 Å². The molecule has 0 saturated heterocycles. The molecule has 4 nitrogen and oxygen atoms in total. The van der Waals surface area contributed by atoms with E-state index in [1.807, 2.05) is 25.2 Å². The van der Waals surface area contributed by atoms with E-state index in [1.54, 1.807) is 4.68 Å². The summed E-state index contributed by atoms with van der Waals surface area (Å²) in [4.78, 5) is 0. The van der Waals surface area contributed by atoms with Crippen LogP contribution in [0.15, 0.2) is 22.8 Å². The van der Waals surface area contributed by atoms with Crippen LogP contribution in [0.3, 0.4) is 0 Å². The molecule has 0 aliphatic heterocycles. The van der Waals surface area contributed by atoms with Crippen LogP contribution in [0.1, 0.15) is 5.56 Å². The zero-order chi connectivity index (χ0) is 10.1. The summed E-state index contributed by atoms with van der Waals surface area (Å²) in [5.74, 6) is 0. The van der Waals surface area contributed by atoms with Gasteiger partial charge in [0.15, 0.2) is 0 Å². The lowest BCUT2D eigenvalue weighted by Crippen LogP contribution is -2.06. The molecule has 0 fully saturated rings. The molecule has 0 spiro atoms. The second-order valence-corrected chi connectivity index (χ2v) is 3.81. The Hall–Kier alpha value is -0.910. The largest absolute Gasteiger partial charge is 0.316 e. The van der Waals surface area contributed by atoms with E-state index in [9.17, 15) is 0 Å². The molecule has 1 heterocycles. The van der Waals surface area contributed by atoms with E-state index in [0.29, 0.717) is 6.54 Å². The summed E-state index contributed by atoms with van der Waals surface area (Å²) >= 11 is 3.40. The van der Waals surface area contributed by atoms with Gasteiger partial charge >= 0.3 is 0 Å². The molecule has 5 heteroatoms. The number of rotatable bonds is 2. The maximum Gasteiger partial charge on any atom is 0.136 e. The van der Waals surface area contributed by atoms with Gasteiger partial charge in [0.1, 0.15) is 4.60 Å². The van der Waals surface area contributed by atoms with Crippen molar-refractivity contribution in [3.05, 3.63) is 28.4 Å². The quantitative estimate of drug-likeness (QED) is 0.806. The third-order valence-corrected chi connectivity index (χ3v) is 2.75. The summed E-state index contributed by atoms with van der Waals surface area (Å²) in [6, 6.07) is 5.90. The molecule has 2 aromatic rings. The smallest absolute Gasteiger partial charge is 0.136 e. The number of hydrogen-bond acceptors (Lipinski definition) is 3. The molecule has 0 unspecified atom stereocenters. The second-order valence-electron chi connectivity index (χ2n) is 3.06. The van der Waals surface area contributed by atoms with E-state index in [2.05, 4.69) is 26.5 Å². The Morgan fingerprint density at radius 2 is 2.36 bits per heavy atom. The number of nitrogens with zero attached hydrogens (tertiary/aromatic N) is 2. The normalized spacial score (nSPS) is 11.1. The number of fused-ring (bicyclic) bond motifs is 1. The first kappa shape index (κ1) is 9.64. The van der Waals surface area contributed by atoms with E-state index in [4.69, 9.17) is 5.21 Å². The Morgan fingerprint density at radius 3 is 3.07 bits per heavy atom. The number of hydrogen-bond donors (Lipinski definition) is 2. The Labute approximate surface area is 89.6 Å². The van der Waals surface area contributed by atoms with Crippen LogP contribution in [0.25, 0.3) is 10.9 Å². The van der Waals surface area contributed by atoms with E-state index < -0.39 is 0 Å². The number of hydroxylamine groups is 1. The first-order chi connectivity index (χ1) is 6.74. The molecule has 0 aliphatic rings. The number of nitrogens with one attached hydrogen (secondary N) is 1. The molecule has 0 atom stereocenters. The third kappa shape index (κ3) is 1.43. The highest BCUT2D eigenvalue weighted by Gasteiger charge is 2.09. The van der Waals surface area contributed by atoms with Crippen molar-refractivity contribution in [2.24, 2.45) is 7.05 Å². The van der Waals surface area contributed by atoms with E-state index in [0.717, 1.165) is 21.1 Å². The van der Waals surface area contributed by atoms with Crippen LogP contribution in [0.2, 0.25) is 0 Å². The van der Waals surface area contributed by atoms with Gasteiger partial charge in [-0.1, -0.05) is 12.1 Å². The molecule has 0 amide bonds. The van der Waals surface area contributed by atoms with Crippen molar-refractivity contribution in [2.75, 3.05) is 0 Å². The summed E-state index contributed by atoms with van der Waals surface area (Å²) in [6.45, 7) is 0.418. The second kappa shape index (κ2) is 3.68. The maximum atomic E-state index is 8.68. The lowest BCUT2D eigenvalue weighted by molar-refractivity contribution is 0.161. The predicted octanol–water partition coefficient (Wildman–Crippen LogP) is 1.81. The summed E-state index contributed by atoms with van der Waals surface area (Å²) in [6.07, 6.45) is 0. The summed E-state index contributed by atoms with van der Waals surface area (Å²) in [5.41, 5.74) is 4.22. The minimum atomic E-state index is 0.418. The van der Waals surface area contributed by atoms with Crippen LogP contribution >= 0.6 is 15.9 Å². The molecule has 14 heavy (non-hydrogen) atoms. The molecule has 0 bridgehead atoms. The summed E-state index contributed by atoms with van der Waals surface area (Å²) in [5, 5.41) is 14.0. The van der Waals surface area contributed by atoms with Gasteiger partial charge in [0.2, 0.25) is 0 Å². The standard InChI is InChI=1S/C9H10BrN3O/c1-13-7-4-2-3-6(5-11-14)8(7)9(10)12-13/h2-4,11,14H,5H2,1H3. The van der Waals surface area contributed by atoms with Crippen LogP contribution in [-0.4, -0.2) is 15.0 Å². The van der Waals surface area contributed by atoms with Crippen molar-refractivity contribution >= 4 is 26.8 Å². The van der Waals surface area contributed by atoms with Gasteiger partial charge in [-0.2, -0.15) is 5.10 Å². The van der Waals surface area contributed by atoms with Crippen LogP contribution in [-0.2, 0) is 13.6 Å². The third-order valence-electron chi connectivity index (χ3n) is 2.19. The van der Waals surface area contributed by atoms with Crippen LogP contribution < -0.4 is 5.48 Å². The molecule has 2 rings (SSSR count). The molecule has 0 radical (unpaired) electrons. The van der Waals surface area contributed by atoms with E-state index >= 15 is 0 Å². The van der Waals surface area contributed by atoms with Gasteiger partial charge in [0, 0.05) is 19.0 Å². The fourth-order valence-electron chi connectivity index (χ4n) is 1.56. The minimum Gasteiger partial charge on any atom is -0.316 e. The highest BCUT2D eigenvalue weighted by Crippen LogP contribution is 2.26. The Balaban J connectivity index is 2.72.